The van der Waals surface area contributed by atoms with E-state index in [1.807, 2.05) is 14.0 Å². The number of ketones is 1. The van der Waals surface area contributed by atoms with Crippen molar-refractivity contribution >= 4 is 17.4 Å². The average Bonchev–Trinajstić information content (AvgIpc) is 3.00. The maximum absolute atomic E-state index is 12.4. The minimum atomic E-state index is 0.180. The van der Waals surface area contributed by atoms with E-state index in [2.05, 4.69) is 10.4 Å². The van der Waals surface area contributed by atoms with Crippen molar-refractivity contribution in [2.45, 2.75) is 44.7 Å². The molecule has 2 saturated heterocycles. The van der Waals surface area contributed by atoms with Crippen molar-refractivity contribution < 1.29 is 4.79 Å². The van der Waals surface area contributed by atoms with Gasteiger partial charge in [0, 0.05) is 37.0 Å². The first-order chi connectivity index (χ1) is 8.56. The Bertz CT molecular complexity index is 497. The van der Waals surface area contributed by atoms with E-state index >= 15 is 0 Å². The molecule has 0 amide bonds. The van der Waals surface area contributed by atoms with Gasteiger partial charge in [0.15, 0.2) is 0 Å². The minimum Gasteiger partial charge on any atom is -0.310 e. The Hall–Kier alpha value is -0.870. The second kappa shape index (κ2) is 4.35. The van der Waals surface area contributed by atoms with Crippen LogP contribution in [0.2, 0.25) is 5.15 Å². The number of nitrogens with zero attached hydrogens (tertiary/aromatic N) is 2. The zero-order chi connectivity index (χ0) is 12.9. The standard InChI is InChI=1S/C13H18ClN3O/c1-7-9(13(14)17(2)16-7)6-12(18)10-5-8-3-4-11(10)15-8/h8,10-11,15H,3-6H2,1-2H3. The molecule has 5 heteroatoms. The summed E-state index contributed by atoms with van der Waals surface area (Å²) < 4.78 is 1.64. The summed E-state index contributed by atoms with van der Waals surface area (Å²) >= 11 is 6.18. The highest BCUT2D eigenvalue weighted by Crippen LogP contribution is 2.35. The third-order valence-corrected chi connectivity index (χ3v) is 4.81. The molecular weight excluding hydrogens is 250 g/mol. The summed E-state index contributed by atoms with van der Waals surface area (Å²) in [5, 5.41) is 8.35. The Kier molecular flexibility index (Phi) is 2.94. The minimum absolute atomic E-state index is 0.180. The summed E-state index contributed by atoms with van der Waals surface area (Å²) in [6, 6.07) is 0.965. The number of rotatable bonds is 3. The molecule has 0 spiro atoms. The number of fused-ring (bicyclic) bond motifs is 2. The van der Waals surface area contributed by atoms with Crippen LogP contribution < -0.4 is 5.32 Å². The van der Waals surface area contributed by atoms with Gasteiger partial charge in [0.1, 0.15) is 10.9 Å². The molecule has 2 bridgehead atoms. The van der Waals surface area contributed by atoms with Gasteiger partial charge in [-0.15, -0.1) is 0 Å². The molecule has 2 fully saturated rings. The number of aryl methyl sites for hydroxylation is 2. The summed E-state index contributed by atoms with van der Waals surface area (Å²) in [6.45, 7) is 1.91. The Labute approximate surface area is 112 Å². The van der Waals surface area contributed by atoms with Crippen LogP contribution in [0.3, 0.4) is 0 Å². The predicted octanol–water partition coefficient (Wildman–Crippen LogP) is 1.63. The monoisotopic (exact) mass is 267 g/mol. The van der Waals surface area contributed by atoms with Crippen molar-refractivity contribution in [2.75, 3.05) is 0 Å². The van der Waals surface area contributed by atoms with Crippen molar-refractivity contribution in [3.05, 3.63) is 16.4 Å². The number of aromatic nitrogens is 2. The van der Waals surface area contributed by atoms with Crippen LogP contribution >= 0.6 is 11.6 Å². The second-order valence-corrected chi connectivity index (χ2v) is 5.87. The highest BCUT2D eigenvalue weighted by molar-refractivity contribution is 6.30. The van der Waals surface area contributed by atoms with Crippen molar-refractivity contribution in [2.24, 2.45) is 13.0 Å². The molecule has 3 rings (SSSR count). The maximum Gasteiger partial charge on any atom is 0.142 e. The van der Waals surface area contributed by atoms with E-state index in [1.165, 1.54) is 6.42 Å². The maximum atomic E-state index is 12.4. The van der Waals surface area contributed by atoms with E-state index in [1.54, 1.807) is 4.68 Å². The van der Waals surface area contributed by atoms with Crippen molar-refractivity contribution in [3.63, 3.8) is 0 Å². The fourth-order valence-corrected chi connectivity index (χ4v) is 3.60. The summed E-state index contributed by atoms with van der Waals surface area (Å²) in [4.78, 5) is 12.4. The molecular formula is C13H18ClN3O. The van der Waals surface area contributed by atoms with Crippen LogP contribution in [-0.2, 0) is 18.3 Å². The average molecular weight is 268 g/mol. The lowest BCUT2D eigenvalue weighted by Gasteiger charge is -2.18. The zero-order valence-corrected chi connectivity index (χ0v) is 11.5. The van der Waals surface area contributed by atoms with Crippen LogP contribution in [0.5, 0.6) is 0 Å². The van der Waals surface area contributed by atoms with Crippen molar-refractivity contribution in [3.8, 4) is 0 Å². The van der Waals surface area contributed by atoms with Gasteiger partial charge in [-0.05, 0) is 26.2 Å². The molecule has 0 aromatic carbocycles. The van der Waals surface area contributed by atoms with Gasteiger partial charge < -0.3 is 5.32 Å². The first-order valence-electron chi connectivity index (χ1n) is 6.53. The van der Waals surface area contributed by atoms with Gasteiger partial charge >= 0.3 is 0 Å². The van der Waals surface area contributed by atoms with Gasteiger partial charge in [-0.3, -0.25) is 9.48 Å². The van der Waals surface area contributed by atoms with E-state index < -0.39 is 0 Å². The smallest absolute Gasteiger partial charge is 0.142 e. The van der Waals surface area contributed by atoms with E-state index in [0.29, 0.717) is 29.4 Å². The molecule has 1 N–H and O–H groups in total. The highest BCUT2D eigenvalue weighted by atomic mass is 35.5. The summed E-state index contributed by atoms with van der Waals surface area (Å²) in [5.41, 5.74) is 1.76. The molecule has 3 atom stereocenters. The van der Waals surface area contributed by atoms with Gasteiger partial charge in [0.05, 0.1) is 5.69 Å². The molecule has 1 aromatic rings. The van der Waals surface area contributed by atoms with Crippen LogP contribution in [0.25, 0.3) is 0 Å². The number of hydrogen-bond acceptors (Lipinski definition) is 3. The molecule has 0 radical (unpaired) electrons. The van der Waals surface area contributed by atoms with Crippen LogP contribution in [0.15, 0.2) is 0 Å². The fraction of sp³-hybridized carbons (Fsp3) is 0.692. The van der Waals surface area contributed by atoms with Crippen molar-refractivity contribution in [1.82, 2.24) is 15.1 Å². The number of hydrogen-bond donors (Lipinski definition) is 1. The van der Waals surface area contributed by atoms with Crippen molar-refractivity contribution in [1.29, 1.82) is 0 Å². The molecule has 3 heterocycles. The third-order valence-electron chi connectivity index (χ3n) is 4.33. The Morgan fingerprint density at radius 1 is 1.56 bits per heavy atom. The van der Waals surface area contributed by atoms with Gasteiger partial charge in [-0.2, -0.15) is 5.10 Å². The normalized spacial score (nSPS) is 30.1. The fourth-order valence-electron chi connectivity index (χ4n) is 3.36. The number of carbonyl (C=O) groups excluding carboxylic acids is 1. The molecule has 2 aliphatic heterocycles. The molecule has 98 valence electrons. The Morgan fingerprint density at radius 2 is 2.33 bits per heavy atom. The van der Waals surface area contributed by atoms with Gasteiger partial charge in [-0.25, -0.2) is 0 Å². The van der Waals surface area contributed by atoms with Crippen LogP contribution in [0.1, 0.15) is 30.5 Å². The molecule has 1 aromatic heterocycles. The molecule has 4 nitrogen and oxygen atoms in total. The lowest BCUT2D eigenvalue weighted by atomic mass is 9.84. The predicted molar refractivity (Wildman–Crippen MR) is 69.7 cm³/mol. The first-order valence-corrected chi connectivity index (χ1v) is 6.90. The number of carbonyl (C=O) groups is 1. The molecule has 3 unspecified atom stereocenters. The quantitative estimate of drug-likeness (QED) is 0.906. The van der Waals surface area contributed by atoms with Crippen LogP contribution in [-0.4, -0.2) is 27.6 Å². The number of halogens is 1. The highest BCUT2D eigenvalue weighted by Gasteiger charge is 2.42. The van der Waals surface area contributed by atoms with E-state index in [9.17, 15) is 4.79 Å². The molecule has 0 aliphatic carbocycles. The zero-order valence-electron chi connectivity index (χ0n) is 10.7. The SMILES string of the molecule is Cc1nn(C)c(Cl)c1CC(=O)C1CC2CCC1N2. The van der Waals surface area contributed by atoms with E-state index in [-0.39, 0.29) is 5.92 Å². The Morgan fingerprint density at radius 3 is 2.83 bits per heavy atom. The summed E-state index contributed by atoms with van der Waals surface area (Å²) in [6.07, 6.45) is 3.79. The molecule has 18 heavy (non-hydrogen) atoms. The van der Waals surface area contributed by atoms with Gasteiger partial charge in [0.2, 0.25) is 0 Å². The molecule has 0 saturated carbocycles. The Balaban J connectivity index is 1.75. The van der Waals surface area contributed by atoms with Gasteiger partial charge in [0.25, 0.3) is 0 Å². The largest absolute Gasteiger partial charge is 0.310 e. The van der Waals surface area contributed by atoms with E-state index in [0.717, 1.165) is 24.1 Å². The number of nitrogens with one attached hydrogen (secondary N) is 1. The van der Waals surface area contributed by atoms with E-state index in [4.69, 9.17) is 11.6 Å². The summed E-state index contributed by atoms with van der Waals surface area (Å²) in [5.74, 6) is 0.493. The topological polar surface area (TPSA) is 46.9 Å². The third kappa shape index (κ3) is 1.88. The van der Waals surface area contributed by atoms with Crippen LogP contribution in [0, 0.1) is 12.8 Å². The number of Topliss-reactive ketones (excluding diaryl/α,β-unsaturated/α-hetero) is 1. The second-order valence-electron chi connectivity index (χ2n) is 5.51. The van der Waals surface area contributed by atoms with Crippen LogP contribution in [0.4, 0.5) is 0 Å². The molecule has 2 aliphatic rings. The lowest BCUT2D eigenvalue weighted by Crippen LogP contribution is -2.29. The lowest BCUT2D eigenvalue weighted by molar-refractivity contribution is -0.122. The van der Waals surface area contributed by atoms with Gasteiger partial charge in [-0.1, -0.05) is 11.6 Å². The summed E-state index contributed by atoms with van der Waals surface area (Å²) in [7, 11) is 1.81. The first kappa shape index (κ1) is 12.2.